The van der Waals surface area contributed by atoms with Gasteiger partial charge in [-0.15, -0.1) is 0 Å². The molecule has 0 aromatic carbocycles. The Hall–Kier alpha value is -1.62. The Morgan fingerprint density at radius 1 is 0.444 bits per heavy atom. The lowest BCUT2D eigenvalue weighted by Crippen LogP contribution is -2.12. The molecule has 27 heavy (non-hydrogen) atoms. The molecule has 0 saturated carbocycles. The maximum Gasteiger partial charge on any atom is 0.0701 e. The van der Waals surface area contributed by atoms with Crippen LogP contribution in [0.15, 0.2) is 10.2 Å². The maximum absolute atomic E-state index is 8.07. The van der Waals surface area contributed by atoms with Gasteiger partial charge < -0.3 is 28.4 Å². The molecule has 12 heteroatoms. The second kappa shape index (κ2) is 24.4. The summed E-state index contributed by atoms with van der Waals surface area (Å²) >= 11 is 0. The Morgan fingerprint density at radius 2 is 0.741 bits per heavy atom. The van der Waals surface area contributed by atoms with E-state index >= 15 is 0 Å². The summed E-state index contributed by atoms with van der Waals surface area (Å²) in [4.78, 5) is 5.25. The smallest absolute Gasteiger partial charge is 0.0701 e. The van der Waals surface area contributed by atoms with E-state index in [1.807, 2.05) is 0 Å². The van der Waals surface area contributed by atoms with Gasteiger partial charge in [-0.1, -0.05) is 10.2 Å². The first-order chi connectivity index (χ1) is 13.4. The Bertz CT molecular complexity index is 368. The average molecular weight is 390 g/mol. The molecule has 0 spiro atoms. The molecule has 0 rings (SSSR count). The molecule has 0 atom stereocenters. The van der Waals surface area contributed by atoms with Gasteiger partial charge in [0.1, 0.15) is 0 Å². The molecule has 0 heterocycles. The minimum Gasteiger partial charge on any atom is -0.379 e. The maximum atomic E-state index is 8.07. The molecule has 12 nitrogen and oxygen atoms in total. The van der Waals surface area contributed by atoms with Crippen LogP contribution in [0, 0.1) is 0 Å². The predicted molar refractivity (Wildman–Crippen MR) is 97.6 cm³/mol. The number of nitrogens with zero attached hydrogens (tertiary/aromatic N) is 6. The molecule has 0 unspecified atom stereocenters. The van der Waals surface area contributed by atoms with Gasteiger partial charge >= 0.3 is 0 Å². The molecule has 0 fully saturated rings. The Labute approximate surface area is 159 Å². The summed E-state index contributed by atoms with van der Waals surface area (Å²) < 4.78 is 31.9. The van der Waals surface area contributed by atoms with Crippen LogP contribution in [0.3, 0.4) is 0 Å². The van der Waals surface area contributed by atoms with E-state index in [9.17, 15) is 0 Å². The van der Waals surface area contributed by atoms with Crippen LogP contribution in [0.25, 0.3) is 20.9 Å². The van der Waals surface area contributed by atoms with Crippen molar-refractivity contribution in [2.24, 2.45) is 10.2 Å². The van der Waals surface area contributed by atoms with Crippen molar-refractivity contribution in [3.8, 4) is 0 Å². The zero-order chi connectivity index (χ0) is 19.7. The lowest BCUT2D eigenvalue weighted by Gasteiger charge is -2.07. The van der Waals surface area contributed by atoms with E-state index in [2.05, 4.69) is 20.1 Å². The van der Waals surface area contributed by atoms with Gasteiger partial charge in [0.25, 0.3) is 0 Å². The molecule has 0 aromatic heterocycles. The van der Waals surface area contributed by atoms with Crippen molar-refractivity contribution in [3.63, 3.8) is 0 Å². The van der Waals surface area contributed by atoms with Gasteiger partial charge in [0, 0.05) is 36.1 Å². The van der Waals surface area contributed by atoms with E-state index in [0.717, 1.165) is 6.42 Å². The Morgan fingerprint density at radius 3 is 1.07 bits per heavy atom. The van der Waals surface area contributed by atoms with Gasteiger partial charge in [0.15, 0.2) is 0 Å². The van der Waals surface area contributed by atoms with Crippen molar-refractivity contribution in [1.82, 2.24) is 0 Å². The topological polar surface area (TPSA) is 153 Å². The minimum atomic E-state index is 0.336. The van der Waals surface area contributed by atoms with Crippen LogP contribution < -0.4 is 0 Å². The van der Waals surface area contributed by atoms with Crippen LogP contribution in [0.4, 0.5) is 0 Å². The zero-order valence-corrected chi connectivity index (χ0v) is 15.7. The standard InChI is InChI=1S/C15H30N6O6/c16-20-18-2-6-24-10-14-26-12-8-22-4-1-5-23-9-13-27-15-11-25-7-3-19-21-17/h1-15H2. The van der Waals surface area contributed by atoms with Gasteiger partial charge in [-0.2, -0.15) is 0 Å². The van der Waals surface area contributed by atoms with Crippen molar-refractivity contribution in [3.05, 3.63) is 20.9 Å². The monoisotopic (exact) mass is 390 g/mol. The molecule has 0 aliphatic carbocycles. The van der Waals surface area contributed by atoms with Gasteiger partial charge in [0.05, 0.1) is 66.1 Å². The summed E-state index contributed by atoms with van der Waals surface area (Å²) in [6, 6.07) is 0. The number of rotatable bonds is 22. The third kappa shape index (κ3) is 24.4. The Kier molecular flexibility index (Phi) is 22.9. The number of azide groups is 2. The van der Waals surface area contributed by atoms with Crippen LogP contribution in [-0.2, 0) is 28.4 Å². The highest BCUT2D eigenvalue weighted by atomic mass is 16.6. The normalized spacial score (nSPS) is 10.4. The molecule has 0 bridgehead atoms. The van der Waals surface area contributed by atoms with Gasteiger partial charge in [-0.3, -0.25) is 0 Å². The van der Waals surface area contributed by atoms with Crippen LogP contribution in [-0.4, -0.2) is 92.4 Å². The molecule has 0 saturated heterocycles. The first-order valence-electron chi connectivity index (χ1n) is 8.90. The van der Waals surface area contributed by atoms with E-state index in [1.54, 1.807) is 0 Å². The number of hydrogen-bond acceptors (Lipinski definition) is 8. The second-order valence-corrected chi connectivity index (χ2v) is 4.94. The van der Waals surface area contributed by atoms with E-state index in [-0.39, 0.29) is 0 Å². The van der Waals surface area contributed by atoms with Crippen LogP contribution in [0.1, 0.15) is 6.42 Å². The van der Waals surface area contributed by atoms with Crippen LogP contribution in [0.2, 0.25) is 0 Å². The fraction of sp³-hybridized carbons (Fsp3) is 1.00. The lowest BCUT2D eigenvalue weighted by molar-refractivity contribution is 0.000950. The van der Waals surface area contributed by atoms with Crippen molar-refractivity contribution in [2.75, 3.05) is 92.4 Å². The third-order valence-electron chi connectivity index (χ3n) is 2.86. The summed E-state index contributed by atoms with van der Waals surface area (Å²) in [7, 11) is 0. The molecular weight excluding hydrogens is 360 g/mol. The van der Waals surface area contributed by atoms with E-state index in [4.69, 9.17) is 39.5 Å². The number of ether oxygens (including phenoxy) is 6. The molecule has 156 valence electrons. The van der Waals surface area contributed by atoms with E-state index in [1.165, 1.54) is 0 Å². The first kappa shape index (κ1) is 25.4. The molecule has 0 amide bonds. The average Bonchev–Trinajstić information content (AvgIpc) is 2.68. The molecule has 0 aromatic rings. The third-order valence-corrected chi connectivity index (χ3v) is 2.86. The highest BCUT2D eigenvalue weighted by Crippen LogP contribution is 1.88. The fourth-order valence-corrected chi connectivity index (χ4v) is 1.65. The SMILES string of the molecule is [N-]=[N+]=NCCOCCOCCOCCCOCCOCCOCCN=[N+]=[N-]. The van der Waals surface area contributed by atoms with Gasteiger partial charge in [-0.25, -0.2) is 0 Å². The highest BCUT2D eigenvalue weighted by Gasteiger charge is 1.94. The predicted octanol–water partition coefficient (Wildman–Crippen LogP) is 2.10. The first-order valence-corrected chi connectivity index (χ1v) is 8.90. The quantitative estimate of drug-likeness (QED) is 0.119. The lowest BCUT2D eigenvalue weighted by atomic mass is 10.5. The van der Waals surface area contributed by atoms with E-state index in [0.29, 0.717) is 92.4 Å². The van der Waals surface area contributed by atoms with Crippen molar-refractivity contribution in [1.29, 1.82) is 0 Å². The summed E-state index contributed by atoms with van der Waals surface area (Å²) in [5.74, 6) is 0. The number of hydrogen-bond donors (Lipinski definition) is 0. The van der Waals surface area contributed by atoms with Gasteiger partial charge in [0.2, 0.25) is 0 Å². The zero-order valence-electron chi connectivity index (χ0n) is 15.7. The minimum absolute atomic E-state index is 0.336. The summed E-state index contributed by atoms with van der Waals surface area (Å²) in [5, 5.41) is 6.71. The van der Waals surface area contributed by atoms with Crippen molar-refractivity contribution < 1.29 is 28.4 Å². The molecule has 0 aliphatic heterocycles. The molecular formula is C15H30N6O6. The molecule has 0 radical (unpaired) electrons. The van der Waals surface area contributed by atoms with Crippen LogP contribution in [0.5, 0.6) is 0 Å². The summed E-state index contributed by atoms with van der Waals surface area (Å²) in [6.45, 7) is 6.72. The van der Waals surface area contributed by atoms with Gasteiger partial charge in [-0.05, 0) is 17.5 Å². The fourth-order valence-electron chi connectivity index (χ4n) is 1.65. The molecule has 0 N–H and O–H groups in total. The van der Waals surface area contributed by atoms with Crippen molar-refractivity contribution >= 4 is 0 Å². The van der Waals surface area contributed by atoms with E-state index < -0.39 is 0 Å². The largest absolute Gasteiger partial charge is 0.379 e. The van der Waals surface area contributed by atoms with Crippen LogP contribution >= 0.6 is 0 Å². The summed E-state index contributed by atoms with van der Waals surface area (Å²) in [6.07, 6.45) is 0.811. The Balaban J connectivity index is 3.01. The summed E-state index contributed by atoms with van der Waals surface area (Å²) in [5.41, 5.74) is 16.1. The van der Waals surface area contributed by atoms with Crippen molar-refractivity contribution in [2.45, 2.75) is 6.42 Å². The second-order valence-electron chi connectivity index (χ2n) is 4.94. The highest BCUT2D eigenvalue weighted by molar-refractivity contribution is 4.45. The molecule has 0 aliphatic rings.